The van der Waals surface area contributed by atoms with Crippen molar-refractivity contribution in [2.75, 3.05) is 46.6 Å². The van der Waals surface area contributed by atoms with Crippen molar-refractivity contribution in [2.45, 2.75) is 62.6 Å². The number of benzene rings is 1. The number of alkyl halides is 2. The zero-order valence-corrected chi connectivity index (χ0v) is 24.3. The molecule has 232 valence electrons. The number of ketones is 1. The molecule has 0 aromatic heterocycles. The largest absolute Gasteiger partial charge is 0.497 e. The smallest absolute Gasteiger partial charge is 0.248 e. The maximum absolute atomic E-state index is 13.9. The van der Waals surface area contributed by atoms with Crippen LogP contribution in [-0.2, 0) is 35.1 Å². The van der Waals surface area contributed by atoms with Crippen molar-refractivity contribution >= 4 is 23.5 Å². The van der Waals surface area contributed by atoms with E-state index in [1.807, 2.05) is 4.90 Å². The highest BCUT2D eigenvalue weighted by Crippen LogP contribution is 2.48. The predicted molar refractivity (Wildman–Crippen MR) is 147 cm³/mol. The molecule has 0 bridgehead atoms. The number of nitrogens with zero attached hydrogens (tertiary/aromatic N) is 1. The molecule has 2 heterocycles. The van der Waals surface area contributed by atoms with Crippen molar-refractivity contribution in [1.29, 1.82) is 0 Å². The molecule has 4 N–H and O–H groups in total. The lowest BCUT2D eigenvalue weighted by atomic mass is 9.65. The van der Waals surface area contributed by atoms with Gasteiger partial charge in [0.15, 0.2) is 5.78 Å². The summed E-state index contributed by atoms with van der Waals surface area (Å²) in [5.74, 6) is -6.75. The van der Waals surface area contributed by atoms with Gasteiger partial charge in [0.25, 0.3) is 0 Å². The summed E-state index contributed by atoms with van der Waals surface area (Å²) in [7, 11) is 1.50. The Kier molecular flexibility index (Phi) is 9.53. The van der Waals surface area contributed by atoms with Crippen molar-refractivity contribution in [2.24, 2.45) is 17.6 Å². The highest BCUT2D eigenvalue weighted by atomic mass is 19.3. The summed E-state index contributed by atoms with van der Waals surface area (Å²) in [6.07, 6.45) is -1.16. The molecule has 1 aliphatic carbocycles. The average molecular weight is 595 g/mol. The van der Waals surface area contributed by atoms with Crippen molar-refractivity contribution in [1.82, 2.24) is 15.5 Å². The van der Waals surface area contributed by atoms with Crippen LogP contribution in [0.15, 0.2) is 24.3 Å². The fourth-order valence-corrected chi connectivity index (χ4v) is 5.72. The minimum atomic E-state index is -2.86. The van der Waals surface area contributed by atoms with Gasteiger partial charge in [-0.05, 0) is 43.9 Å². The molecule has 4 rings (SSSR count). The van der Waals surface area contributed by atoms with Crippen molar-refractivity contribution in [3.05, 3.63) is 29.8 Å². The van der Waals surface area contributed by atoms with Crippen LogP contribution in [0.2, 0.25) is 0 Å². The highest BCUT2D eigenvalue weighted by molar-refractivity contribution is 6.01. The molecule has 0 radical (unpaired) electrons. The lowest BCUT2D eigenvalue weighted by Crippen LogP contribution is -2.68. The Morgan fingerprint density at radius 2 is 1.79 bits per heavy atom. The van der Waals surface area contributed by atoms with Crippen LogP contribution >= 0.6 is 0 Å². The fraction of sp³-hybridized carbons (Fsp3) is 0.655. The number of epoxide rings is 1. The zero-order chi connectivity index (χ0) is 30.7. The molecular weight excluding hydrogens is 554 g/mol. The quantitative estimate of drug-likeness (QED) is 0.268. The third-order valence-corrected chi connectivity index (χ3v) is 8.42. The van der Waals surface area contributed by atoms with Crippen LogP contribution in [0, 0.1) is 11.8 Å². The summed E-state index contributed by atoms with van der Waals surface area (Å²) in [6, 6.07) is 5.57. The van der Waals surface area contributed by atoms with Crippen LogP contribution in [0.25, 0.3) is 0 Å². The van der Waals surface area contributed by atoms with Gasteiger partial charge in [0.1, 0.15) is 22.9 Å². The summed E-state index contributed by atoms with van der Waals surface area (Å²) in [4.78, 5) is 55.5. The Morgan fingerprint density at radius 1 is 1.17 bits per heavy atom. The first-order valence-corrected chi connectivity index (χ1v) is 14.2. The first kappa shape index (κ1) is 31.8. The molecule has 13 heteroatoms. The number of carbonyl (C=O) groups excluding carboxylic acids is 4. The third-order valence-electron chi connectivity index (χ3n) is 8.42. The molecule has 1 saturated carbocycles. The molecular formula is C29H40F2N4O7. The Hall–Kier alpha value is -3.16. The number of methoxy groups -OCH3 is 1. The Labute approximate surface area is 243 Å². The number of nitrogens with two attached hydrogens (primary N) is 1. The van der Waals surface area contributed by atoms with Crippen LogP contribution in [0.1, 0.15) is 38.7 Å². The van der Waals surface area contributed by atoms with Gasteiger partial charge >= 0.3 is 0 Å². The number of rotatable bonds is 14. The lowest BCUT2D eigenvalue weighted by Gasteiger charge is -2.44. The molecule has 2 saturated heterocycles. The van der Waals surface area contributed by atoms with E-state index in [-0.39, 0.29) is 26.0 Å². The Balaban J connectivity index is 1.62. The molecule has 3 amide bonds. The SMILES string of the molecule is COc1ccc(CC(NC(=O)[C@H](C)NC(=O)CN2CCOCC2)(C(N)=O)[C@H](CC2CC(F)(F)C2)C(=O)[C@@]2(C)CO2)cc1. The van der Waals surface area contributed by atoms with E-state index in [4.69, 9.17) is 19.9 Å². The van der Waals surface area contributed by atoms with Crippen LogP contribution in [0.4, 0.5) is 8.78 Å². The minimum Gasteiger partial charge on any atom is -0.497 e. The van der Waals surface area contributed by atoms with Gasteiger partial charge in [-0.25, -0.2) is 8.78 Å². The van der Waals surface area contributed by atoms with E-state index in [2.05, 4.69) is 10.6 Å². The van der Waals surface area contributed by atoms with Gasteiger partial charge in [0.2, 0.25) is 23.6 Å². The van der Waals surface area contributed by atoms with Crippen LogP contribution in [-0.4, -0.2) is 98.1 Å². The molecule has 1 aromatic rings. The zero-order valence-electron chi connectivity index (χ0n) is 24.3. The van der Waals surface area contributed by atoms with Gasteiger partial charge in [-0.3, -0.25) is 24.1 Å². The standard InChI is InChI=1S/C29H40F2N4O7/c1-18(33-23(36)16-35-8-10-41-11-9-35)25(38)34-29(26(32)39,15-19-4-6-21(40-3)7-5-19)22(24(37)27(2)17-42-27)12-20-13-28(30,31)14-20/h4-7,18,20,22H,8-17H2,1-3H3,(H2,32,39)(H,33,36)(H,34,38)/t18-,22+,27+,29?/m0/s1. The predicted octanol–water partition coefficient (Wildman–Crippen LogP) is 0.825. The van der Waals surface area contributed by atoms with Gasteiger partial charge in [-0.15, -0.1) is 0 Å². The number of nitrogens with one attached hydrogen (secondary N) is 2. The van der Waals surface area contributed by atoms with Gasteiger partial charge in [-0.2, -0.15) is 0 Å². The third kappa shape index (κ3) is 7.42. The number of halogens is 2. The summed E-state index contributed by atoms with van der Waals surface area (Å²) in [5.41, 5.74) is 3.35. The maximum Gasteiger partial charge on any atom is 0.248 e. The number of carbonyl (C=O) groups is 4. The number of ether oxygens (including phenoxy) is 3. The molecule has 1 aromatic carbocycles. The first-order chi connectivity index (χ1) is 19.8. The maximum atomic E-state index is 13.9. The molecule has 11 nitrogen and oxygen atoms in total. The second-order valence-corrected chi connectivity index (χ2v) is 11.8. The Bertz CT molecular complexity index is 1160. The first-order valence-electron chi connectivity index (χ1n) is 14.2. The van der Waals surface area contributed by atoms with Gasteiger partial charge in [-0.1, -0.05) is 12.1 Å². The summed E-state index contributed by atoms with van der Waals surface area (Å²) in [6.45, 7) is 5.33. The number of morpholine rings is 1. The second kappa shape index (κ2) is 12.6. The number of amides is 3. The lowest BCUT2D eigenvalue weighted by molar-refractivity contribution is -0.147. The van der Waals surface area contributed by atoms with Gasteiger partial charge in [0, 0.05) is 32.4 Å². The highest BCUT2D eigenvalue weighted by Gasteiger charge is 2.60. The van der Waals surface area contributed by atoms with Crippen LogP contribution in [0.3, 0.4) is 0 Å². The topological polar surface area (TPSA) is 153 Å². The normalized spacial score (nSPS) is 24.8. The van der Waals surface area contributed by atoms with E-state index in [1.165, 1.54) is 14.0 Å². The molecule has 42 heavy (non-hydrogen) atoms. The number of hydrogen-bond donors (Lipinski definition) is 3. The summed E-state index contributed by atoms with van der Waals surface area (Å²) in [5, 5.41) is 5.36. The number of hydrogen-bond acceptors (Lipinski definition) is 8. The summed E-state index contributed by atoms with van der Waals surface area (Å²) < 4.78 is 43.6. The van der Waals surface area contributed by atoms with E-state index in [0.717, 1.165) is 0 Å². The molecule has 3 fully saturated rings. The molecule has 1 unspecified atom stereocenters. The number of primary amides is 1. The minimum absolute atomic E-state index is 0.0560. The monoisotopic (exact) mass is 594 g/mol. The van der Waals surface area contributed by atoms with Crippen LogP contribution in [0.5, 0.6) is 5.75 Å². The number of Topliss-reactive ketones (excluding diaryl/α,β-unsaturated/α-hetero) is 1. The van der Waals surface area contributed by atoms with Gasteiger partial charge < -0.3 is 30.6 Å². The van der Waals surface area contributed by atoms with E-state index in [9.17, 15) is 28.0 Å². The van der Waals surface area contributed by atoms with E-state index in [0.29, 0.717) is 37.6 Å². The molecule has 0 spiro atoms. The fourth-order valence-electron chi connectivity index (χ4n) is 5.72. The molecule has 3 aliphatic rings. The van der Waals surface area contributed by atoms with Crippen molar-refractivity contribution in [3.8, 4) is 5.75 Å². The van der Waals surface area contributed by atoms with Crippen molar-refractivity contribution in [3.63, 3.8) is 0 Å². The van der Waals surface area contributed by atoms with Crippen LogP contribution < -0.4 is 21.1 Å². The average Bonchev–Trinajstić information content (AvgIpc) is 3.68. The van der Waals surface area contributed by atoms with E-state index < -0.39 is 71.3 Å². The van der Waals surface area contributed by atoms with Gasteiger partial charge in [0.05, 0.1) is 39.4 Å². The van der Waals surface area contributed by atoms with Crippen molar-refractivity contribution < 1.29 is 42.2 Å². The molecule has 4 atom stereocenters. The van der Waals surface area contributed by atoms with E-state index >= 15 is 0 Å². The second-order valence-electron chi connectivity index (χ2n) is 11.8. The Morgan fingerprint density at radius 3 is 2.31 bits per heavy atom. The van der Waals surface area contributed by atoms with E-state index in [1.54, 1.807) is 31.2 Å². The summed E-state index contributed by atoms with van der Waals surface area (Å²) >= 11 is 0. The molecule has 2 aliphatic heterocycles.